The number of amides is 1. The lowest BCUT2D eigenvalue weighted by Gasteiger charge is -2.21. The molecule has 4 heteroatoms. The van der Waals surface area contributed by atoms with Gasteiger partial charge in [0.25, 0.3) is 0 Å². The van der Waals surface area contributed by atoms with Crippen molar-refractivity contribution in [3.05, 3.63) is 23.4 Å². The molecule has 2 heterocycles. The van der Waals surface area contributed by atoms with Gasteiger partial charge in [-0.05, 0) is 51.4 Å². The zero-order chi connectivity index (χ0) is 12.5. The van der Waals surface area contributed by atoms with E-state index in [0.717, 1.165) is 30.8 Å². The van der Waals surface area contributed by atoms with E-state index in [-0.39, 0.29) is 11.3 Å². The molecule has 1 aliphatic rings. The van der Waals surface area contributed by atoms with Crippen molar-refractivity contribution in [2.75, 3.05) is 18.4 Å². The van der Waals surface area contributed by atoms with Crippen LogP contribution in [0.2, 0.25) is 0 Å². The SMILES string of the molecule is Cc1cc(C)nc(NC(=O)C2(C)CCNC2)c1. The summed E-state index contributed by atoms with van der Waals surface area (Å²) < 4.78 is 0. The van der Waals surface area contributed by atoms with Gasteiger partial charge in [-0.2, -0.15) is 0 Å². The summed E-state index contributed by atoms with van der Waals surface area (Å²) in [6.07, 6.45) is 0.879. The number of aromatic nitrogens is 1. The third-order valence-corrected chi connectivity index (χ3v) is 3.26. The Bertz CT molecular complexity index is 416. The van der Waals surface area contributed by atoms with E-state index in [2.05, 4.69) is 15.6 Å². The van der Waals surface area contributed by atoms with Crippen LogP contribution < -0.4 is 10.6 Å². The van der Waals surface area contributed by atoms with Crippen molar-refractivity contribution in [1.82, 2.24) is 10.3 Å². The Morgan fingerprint density at radius 2 is 2.24 bits per heavy atom. The summed E-state index contributed by atoms with van der Waals surface area (Å²) >= 11 is 0. The molecule has 0 saturated carbocycles. The molecule has 1 aromatic heterocycles. The topological polar surface area (TPSA) is 54.0 Å². The lowest BCUT2D eigenvalue weighted by molar-refractivity contribution is -0.123. The Labute approximate surface area is 102 Å². The van der Waals surface area contributed by atoms with Crippen molar-refractivity contribution in [2.24, 2.45) is 5.41 Å². The van der Waals surface area contributed by atoms with Crippen molar-refractivity contribution in [3.63, 3.8) is 0 Å². The molecule has 1 fully saturated rings. The van der Waals surface area contributed by atoms with Gasteiger partial charge < -0.3 is 10.6 Å². The molecule has 1 aromatic rings. The van der Waals surface area contributed by atoms with Gasteiger partial charge in [0, 0.05) is 12.2 Å². The van der Waals surface area contributed by atoms with Crippen LogP contribution in [0.4, 0.5) is 5.82 Å². The average molecular weight is 233 g/mol. The molecule has 1 aliphatic heterocycles. The Morgan fingerprint density at radius 1 is 1.47 bits per heavy atom. The van der Waals surface area contributed by atoms with Crippen LogP contribution in [-0.4, -0.2) is 24.0 Å². The second kappa shape index (κ2) is 4.45. The Morgan fingerprint density at radius 3 is 2.82 bits per heavy atom. The van der Waals surface area contributed by atoms with Gasteiger partial charge in [0.2, 0.25) is 5.91 Å². The molecule has 2 rings (SSSR count). The predicted octanol–water partition coefficient (Wildman–Crippen LogP) is 1.64. The number of rotatable bonds is 2. The van der Waals surface area contributed by atoms with Gasteiger partial charge in [0.15, 0.2) is 0 Å². The van der Waals surface area contributed by atoms with Crippen LogP contribution in [0.15, 0.2) is 12.1 Å². The summed E-state index contributed by atoms with van der Waals surface area (Å²) in [6, 6.07) is 3.89. The van der Waals surface area contributed by atoms with Gasteiger partial charge in [0.1, 0.15) is 5.82 Å². The lowest BCUT2D eigenvalue weighted by atomic mass is 9.89. The van der Waals surface area contributed by atoms with Gasteiger partial charge in [-0.1, -0.05) is 0 Å². The molecule has 0 spiro atoms. The normalized spacial score (nSPS) is 23.7. The molecule has 4 nitrogen and oxygen atoms in total. The molecule has 0 bridgehead atoms. The van der Waals surface area contributed by atoms with Gasteiger partial charge in [-0.15, -0.1) is 0 Å². The number of nitrogens with zero attached hydrogens (tertiary/aromatic N) is 1. The minimum Gasteiger partial charge on any atom is -0.316 e. The first-order chi connectivity index (χ1) is 7.99. The number of carbonyl (C=O) groups excluding carboxylic acids is 1. The van der Waals surface area contributed by atoms with Crippen LogP contribution in [-0.2, 0) is 4.79 Å². The molecule has 2 N–H and O–H groups in total. The molecule has 1 unspecified atom stereocenters. The Hall–Kier alpha value is -1.42. The number of anilines is 1. The summed E-state index contributed by atoms with van der Waals surface area (Å²) in [5.41, 5.74) is 1.73. The van der Waals surface area contributed by atoms with Crippen LogP contribution in [0, 0.1) is 19.3 Å². The van der Waals surface area contributed by atoms with Crippen molar-refractivity contribution in [2.45, 2.75) is 27.2 Å². The highest BCUT2D eigenvalue weighted by Crippen LogP contribution is 2.26. The molecule has 0 radical (unpaired) electrons. The maximum Gasteiger partial charge on any atom is 0.232 e. The highest BCUT2D eigenvalue weighted by atomic mass is 16.2. The molecule has 1 atom stereocenters. The van der Waals surface area contributed by atoms with Crippen molar-refractivity contribution < 1.29 is 4.79 Å². The number of pyridine rings is 1. The van der Waals surface area contributed by atoms with E-state index in [1.807, 2.05) is 32.9 Å². The van der Waals surface area contributed by atoms with E-state index >= 15 is 0 Å². The van der Waals surface area contributed by atoms with E-state index in [4.69, 9.17) is 0 Å². The Kier molecular flexibility index (Phi) is 3.15. The second-order valence-corrected chi connectivity index (χ2v) is 5.11. The zero-order valence-corrected chi connectivity index (χ0v) is 10.6. The third kappa shape index (κ3) is 2.64. The maximum absolute atomic E-state index is 12.2. The number of nitrogens with one attached hydrogen (secondary N) is 2. The predicted molar refractivity (Wildman–Crippen MR) is 67.9 cm³/mol. The van der Waals surface area contributed by atoms with Crippen molar-refractivity contribution in [3.8, 4) is 0 Å². The second-order valence-electron chi connectivity index (χ2n) is 5.11. The van der Waals surface area contributed by atoms with Crippen LogP contribution in [0.25, 0.3) is 0 Å². The zero-order valence-electron chi connectivity index (χ0n) is 10.6. The Balaban J connectivity index is 2.12. The molecule has 1 saturated heterocycles. The van der Waals surface area contributed by atoms with Crippen molar-refractivity contribution >= 4 is 11.7 Å². The first kappa shape index (κ1) is 12.0. The van der Waals surface area contributed by atoms with Gasteiger partial charge >= 0.3 is 0 Å². The van der Waals surface area contributed by atoms with Gasteiger partial charge in [-0.25, -0.2) is 4.98 Å². The van der Waals surface area contributed by atoms with Crippen LogP contribution in [0.3, 0.4) is 0 Å². The summed E-state index contributed by atoms with van der Waals surface area (Å²) in [6.45, 7) is 7.57. The molecule has 0 aliphatic carbocycles. The molecule has 0 aromatic carbocycles. The largest absolute Gasteiger partial charge is 0.316 e. The fourth-order valence-electron chi connectivity index (χ4n) is 2.18. The fourth-order valence-corrected chi connectivity index (χ4v) is 2.18. The molecule has 92 valence electrons. The number of carbonyl (C=O) groups is 1. The smallest absolute Gasteiger partial charge is 0.232 e. The van der Waals surface area contributed by atoms with Crippen LogP contribution in [0.5, 0.6) is 0 Å². The van der Waals surface area contributed by atoms with Crippen molar-refractivity contribution in [1.29, 1.82) is 0 Å². The molecule has 1 amide bonds. The summed E-state index contributed by atoms with van der Waals surface area (Å²) in [5, 5.41) is 6.14. The quantitative estimate of drug-likeness (QED) is 0.816. The number of hydrogen-bond acceptors (Lipinski definition) is 3. The minimum absolute atomic E-state index is 0.0556. The first-order valence-corrected chi connectivity index (χ1v) is 5.97. The summed E-state index contributed by atoms with van der Waals surface area (Å²) in [5.74, 6) is 0.709. The molecular weight excluding hydrogens is 214 g/mol. The fraction of sp³-hybridized carbons (Fsp3) is 0.538. The monoisotopic (exact) mass is 233 g/mol. The van der Waals surface area contributed by atoms with E-state index in [0.29, 0.717) is 5.82 Å². The minimum atomic E-state index is -0.306. The number of aryl methyl sites for hydroxylation is 2. The molecular formula is C13H19N3O. The standard InChI is InChI=1S/C13H19N3O/c1-9-6-10(2)15-11(7-9)16-12(17)13(3)4-5-14-8-13/h6-7,14H,4-5,8H2,1-3H3,(H,15,16,17). The molecule has 17 heavy (non-hydrogen) atoms. The maximum atomic E-state index is 12.2. The van der Waals surface area contributed by atoms with E-state index in [1.165, 1.54) is 0 Å². The first-order valence-electron chi connectivity index (χ1n) is 5.97. The summed E-state index contributed by atoms with van der Waals surface area (Å²) in [4.78, 5) is 16.5. The van der Waals surface area contributed by atoms with Gasteiger partial charge in [0.05, 0.1) is 5.41 Å². The highest BCUT2D eigenvalue weighted by Gasteiger charge is 2.36. The van der Waals surface area contributed by atoms with Gasteiger partial charge in [-0.3, -0.25) is 4.79 Å². The number of hydrogen-bond donors (Lipinski definition) is 2. The third-order valence-electron chi connectivity index (χ3n) is 3.26. The van der Waals surface area contributed by atoms with Crippen LogP contribution >= 0.6 is 0 Å². The van der Waals surface area contributed by atoms with E-state index in [9.17, 15) is 4.79 Å². The summed E-state index contributed by atoms with van der Waals surface area (Å²) in [7, 11) is 0. The van der Waals surface area contributed by atoms with E-state index in [1.54, 1.807) is 0 Å². The highest BCUT2D eigenvalue weighted by molar-refractivity contribution is 5.94. The average Bonchev–Trinajstić information content (AvgIpc) is 2.64. The lowest BCUT2D eigenvalue weighted by Crippen LogP contribution is -2.35. The van der Waals surface area contributed by atoms with Crippen LogP contribution in [0.1, 0.15) is 24.6 Å². The van der Waals surface area contributed by atoms with E-state index < -0.39 is 0 Å².